The van der Waals surface area contributed by atoms with Gasteiger partial charge in [-0.1, -0.05) is 18.2 Å². The van der Waals surface area contributed by atoms with Gasteiger partial charge in [-0.3, -0.25) is 14.2 Å². The van der Waals surface area contributed by atoms with Crippen LogP contribution in [0.3, 0.4) is 0 Å². The van der Waals surface area contributed by atoms with Crippen molar-refractivity contribution < 1.29 is 9.59 Å². The third kappa shape index (κ3) is 1.85. The maximum atomic E-state index is 12.6. The highest BCUT2D eigenvalue weighted by atomic mass is 16.2. The first kappa shape index (κ1) is 12.1. The number of benzene rings is 1. The molecule has 3 rings (SSSR count). The summed E-state index contributed by atoms with van der Waals surface area (Å²) in [6.45, 7) is 0. The zero-order valence-corrected chi connectivity index (χ0v) is 10.5. The Balaban J connectivity index is 2.27. The molecular formula is C15H11N3O2. The molecule has 5 heteroatoms. The van der Waals surface area contributed by atoms with E-state index in [9.17, 15) is 9.59 Å². The minimum Gasteiger partial charge on any atom is -0.364 e. The van der Waals surface area contributed by atoms with Gasteiger partial charge >= 0.3 is 0 Å². The molecule has 3 aromatic rings. The Bertz CT molecular complexity index is 806. The number of hydrogen-bond acceptors (Lipinski definition) is 3. The second-order valence-electron chi connectivity index (χ2n) is 4.32. The number of primary amides is 1. The summed E-state index contributed by atoms with van der Waals surface area (Å²) >= 11 is 0. The van der Waals surface area contributed by atoms with Crippen LogP contribution in [0.15, 0.2) is 54.7 Å². The Morgan fingerprint density at radius 3 is 2.50 bits per heavy atom. The van der Waals surface area contributed by atoms with Crippen molar-refractivity contribution in [2.75, 3.05) is 0 Å². The van der Waals surface area contributed by atoms with Crippen molar-refractivity contribution in [3.05, 3.63) is 66.0 Å². The van der Waals surface area contributed by atoms with Crippen LogP contribution >= 0.6 is 0 Å². The summed E-state index contributed by atoms with van der Waals surface area (Å²) in [5, 5.41) is 0.700. The molecule has 2 heterocycles. The van der Waals surface area contributed by atoms with Crippen molar-refractivity contribution in [3.63, 3.8) is 0 Å². The number of carbonyl (C=O) groups is 2. The SMILES string of the molecule is NC(=O)c1cc2cccnc2n1C(=O)c1ccccc1. The van der Waals surface area contributed by atoms with Crippen molar-refractivity contribution in [2.24, 2.45) is 5.73 Å². The molecule has 0 bridgehead atoms. The molecule has 0 unspecified atom stereocenters. The van der Waals surface area contributed by atoms with Gasteiger partial charge in [0.05, 0.1) is 0 Å². The largest absolute Gasteiger partial charge is 0.364 e. The van der Waals surface area contributed by atoms with Gasteiger partial charge in [-0.2, -0.15) is 0 Å². The molecular weight excluding hydrogens is 254 g/mol. The molecule has 0 saturated heterocycles. The zero-order valence-electron chi connectivity index (χ0n) is 10.5. The summed E-state index contributed by atoms with van der Waals surface area (Å²) in [6, 6.07) is 13.8. The summed E-state index contributed by atoms with van der Waals surface area (Å²) in [7, 11) is 0. The van der Waals surface area contributed by atoms with E-state index in [1.807, 2.05) is 6.07 Å². The molecule has 0 radical (unpaired) electrons. The van der Waals surface area contributed by atoms with Crippen LogP contribution in [0.25, 0.3) is 11.0 Å². The van der Waals surface area contributed by atoms with Crippen LogP contribution in [-0.2, 0) is 0 Å². The van der Waals surface area contributed by atoms with Gasteiger partial charge < -0.3 is 5.73 Å². The van der Waals surface area contributed by atoms with Crippen LogP contribution in [0.2, 0.25) is 0 Å². The summed E-state index contributed by atoms with van der Waals surface area (Å²) in [6.07, 6.45) is 1.57. The lowest BCUT2D eigenvalue weighted by Gasteiger charge is -2.06. The number of hydrogen-bond donors (Lipinski definition) is 1. The maximum Gasteiger partial charge on any atom is 0.265 e. The van der Waals surface area contributed by atoms with Crippen LogP contribution in [-0.4, -0.2) is 21.4 Å². The van der Waals surface area contributed by atoms with E-state index >= 15 is 0 Å². The predicted octanol–water partition coefficient (Wildman–Crippen LogP) is 1.82. The molecule has 0 aliphatic carbocycles. The molecule has 0 atom stereocenters. The Kier molecular flexibility index (Phi) is 2.80. The quantitative estimate of drug-likeness (QED) is 0.767. The van der Waals surface area contributed by atoms with Crippen LogP contribution in [0, 0.1) is 0 Å². The van der Waals surface area contributed by atoms with Crippen LogP contribution < -0.4 is 5.73 Å². The number of pyridine rings is 1. The fourth-order valence-corrected chi connectivity index (χ4v) is 2.13. The lowest BCUT2D eigenvalue weighted by molar-refractivity contribution is 0.0926. The third-order valence-electron chi connectivity index (χ3n) is 3.04. The standard InChI is InChI=1S/C15H11N3O2/c16-13(19)12-9-11-7-4-8-17-14(11)18(12)15(20)10-5-2-1-3-6-10/h1-9H,(H2,16,19). The minimum atomic E-state index is -0.660. The molecule has 0 saturated carbocycles. The summed E-state index contributed by atoms with van der Waals surface area (Å²) in [5.74, 6) is -0.986. The Morgan fingerprint density at radius 2 is 1.80 bits per heavy atom. The number of rotatable bonds is 2. The second kappa shape index (κ2) is 4.62. The molecule has 0 spiro atoms. The number of fused-ring (bicyclic) bond motifs is 1. The number of aromatic nitrogens is 2. The predicted molar refractivity (Wildman–Crippen MR) is 74.4 cm³/mol. The van der Waals surface area contributed by atoms with E-state index in [1.165, 1.54) is 4.57 Å². The van der Waals surface area contributed by atoms with Crippen molar-refractivity contribution in [3.8, 4) is 0 Å². The van der Waals surface area contributed by atoms with Crippen molar-refractivity contribution in [2.45, 2.75) is 0 Å². The molecule has 1 aromatic carbocycles. The smallest absolute Gasteiger partial charge is 0.265 e. The number of carbonyl (C=O) groups excluding carboxylic acids is 2. The van der Waals surface area contributed by atoms with E-state index in [0.29, 0.717) is 16.6 Å². The highest BCUT2D eigenvalue weighted by Gasteiger charge is 2.20. The van der Waals surface area contributed by atoms with Gasteiger partial charge in [0, 0.05) is 17.1 Å². The van der Waals surface area contributed by atoms with E-state index in [1.54, 1.807) is 48.7 Å². The highest BCUT2D eigenvalue weighted by molar-refractivity contribution is 6.08. The van der Waals surface area contributed by atoms with Gasteiger partial charge in [0.2, 0.25) is 0 Å². The van der Waals surface area contributed by atoms with Gasteiger partial charge in [0.1, 0.15) is 11.3 Å². The van der Waals surface area contributed by atoms with E-state index in [4.69, 9.17) is 5.73 Å². The van der Waals surface area contributed by atoms with Crippen molar-refractivity contribution in [1.82, 2.24) is 9.55 Å². The molecule has 0 aliphatic heterocycles. The molecule has 2 N–H and O–H groups in total. The molecule has 1 amide bonds. The Morgan fingerprint density at radius 1 is 1.05 bits per heavy atom. The van der Waals surface area contributed by atoms with Crippen LogP contribution in [0.4, 0.5) is 0 Å². The third-order valence-corrected chi connectivity index (χ3v) is 3.04. The molecule has 0 fully saturated rings. The normalized spacial score (nSPS) is 10.6. The van der Waals surface area contributed by atoms with Gasteiger partial charge in [-0.15, -0.1) is 0 Å². The van der Waals surface area contributed by atoms with Gasteiger partial charge in [-0.25, -0.2) is 4.98 Å². The summed E-state index contributed by atoms with van der Waals surface area (Å²) in [4.78, 5) is 28.3. The van der Waals surface area contributed by atoms with E-state index in [0.717, 1.165) is 0 Å². The van der Waals surface area contributed by atoms with Crippen molar-refractivity contribution >= 4 is 22.8 Å². The zero-order chi connectivity index (χ0) is 14.1. The first-order chi connectivity index (χ1) is 9.68. The molecule has 0 aliphatic rings. The van der Waals surface area contributed by atoms with Crippen LogP contribution in [0.5, 0.6) is 0 Å². The number of amides is 1. The Labute approximate surface area is 114 Å². The van der Waals surface area contributed by atoms with Gasteiger partial charge in [0.25, 0.3) is 11.8 Å². The van der Waals surface area contributed by atoms with Crippen LogP contribution in [0.1, 0.15) is 20.8 Å². The average molecular weight is 265 g/mol. The lowest BCUT2D eigenvalue weighted by atomic mass is 10.2. The first-order valence-electron chi connectivity index (χ1n) is 6.04. The minimum absolute atomic E-state index is 0.132. The monoisotopic (exact) mass is 265 g/mol. The topological polar surface area (TPSA) is 78.0 Å². The average Bonchev–Trinajstić information content (AvgIpc) is 2.87. The second-order valence-corrected chi connectivity index (χ2v) is 4.32. The number of nitrogens with zero attached hydrogens (tertiary/aromatic N) is 2. The molecule has 2 aromatic heterocycles. The fraction of sp³-hybridized carbons (Fsp3) is 0. The van der Waals surface area contributed by atoms with E-state index in [-0.39, 0.29) is 11.6 Å². The Hall–Kier alpha value is -2.95. The maximum absolute atomic E-state index is 12.6. The van der Waals surface area contributed by atoms with E-state index < -0.39 is 5.91 Å². The van der Waals surface area contributed by atoms with Crippen molar-refractivity contribution in [1.29, 1.82) is 0 Å². The number of nitrogens with two attached hydrogens (primary N) is 1. The van der Waals surface area contributed by atoms with Gasteiger partial charge in [-0.05, 0) is 30.3 Å². The summed E-state index contributed by atoms with van der Waals surface area (Å²) < 4.78 is 1.26. The summed E-state index contributed by atoms with van der Waals surface area (Å²) in [5.41, 5.74) is 6.38. The fourth-order valence-electron chi connectivity index (χ4n) is 2.13. The van der Waals surface area contributed by atoms with E-state index in [2.05, 4.69) is 4.98 Å². The lowest BCUT2D eigenvalue weighted by Crippen LogP contribution is -2.22. The molecule has 98 valence electrons. The molecule has 20 heavy (non-hydrogen) atoms. The first-order valence-corrected chi connectivity index (χ1v) is 6.04. The van der Waals surface area contributed by atoms with Gasteiger partial charge in [0.15, 0.2) is 0 Å². The highest BCUT2D eigenvalue weighted by Crippen LogP contribution is 2.19. The molecule has 5 nitrogen and oxygen atoms in total.